The van der Waals surface area contributed by atoms with Gasteiger partial charge in [-0.3, -0.25) is 4.79 Å². The molecular formula is C30H27ClFNO4. The summed E-state index contributed by atoms with van der Waals surface area (Å²) in [6.45, 7) is 0.648. The Morgan fingerprint density at radius 1 is 0.973 bits per heavy atom. The molecule has 1 fully saturated rings. The highest BCUT2D eigenvalue weighted by Crippen LogP contribution is 2.44. The first kappa shape index (κ1) is 25.0. The molecule has 0 radical (unpaired) electrons. The van der Waals surface area contributed by atoms with Crippen LogP contribution in [0.2, 0.25) is 5.02 Å². The zero-order valence-corrected chi connectivity index (χ0v) is 21.1. The van der Waals surface area contributed by atoms with Crippen LogP contribution < -0.4 is 9.64 Å². The molecule has 1 saturated heterocycles. The average molecular weight is 520 g/mol. The van der Waals surface area contributed by atoms with Crippen LogP contribution in [0.3, 0.4) is 0 Å². The first-order valence-electron chi connectivity index (χ1n) is 12.5. The summed E-state index contributed by atoms with van der Waals surface area (Å²) >= 11 is 6.38. The number of ether oxygens (including phenoxy) is 1. The van der Waals surface area contributed by atoms with Gasteiger partial charge in [-0.15, -0.1) is 0 Å². The quantitative estimate of drug-likeness (QED) is 0.354. The number of hydrogen-bond donors (Lipinski definition) is 1. The fourth-order valence-electron chi connectivity index (χ4n) is 5.14. The van der Waals surface area contributed by atoms with Crippen LogP contribution in [0.25, 0.3) is 11.1 Å². The normalized spacial score (nSPS) is 15.8. The van der Waals surface area contributed by atoms with Gasteiger partial charge in [-0.05, 0) is 91.3 Å². The number of benzene rings is 3. The summed E-state index contributed by atoms with van der Waals surface area (Å²) in [6, 6.07) is 17.0. The van der Waals surface area contributed by atoms with E-state index in [1.54, 1.807) is 47.4 Å². The standard InChI is InChI=1S/C30H27ClFNO4/c31-22-11-12-28(37-18-19-6-1-2-9-27(19)32)26(17-22)25-8-5-7-24(25)20-14-21(30(35)36)16-23(15-20)33-13-4-3-10-29(33)34/h1-2,6,9,11-12,14-17H,3-5,7-8,10,13,18H2,(H,35,36). The number of nitrogens with zero attached hydrogens (tertiary/aromatic N) is 1. The summed E-state index contributed by atoms with van der Waals surface area (Å²) < 4.78 is 20.2. The van der Waals surface area contributed by atoms with E-state index in [0.717, 1.165) is 54.4 Å². The van der Waals surface area contributed by atoms with Crippen LogP contribution in [0.15, 0.2) is 60.7 Å². The topological polar surface area (TPSA) is 66.8 Å². The molecule has 0 bridgehead atoms. The number of anilines is 1. The number of amides is 1. The van der Waals surface area contributed by atoms with E-state index in [4.69, 9.17) is 16.3 Å². The molecule has 1 amide bonds. The first-order valence-corrected chi connectivity index (χ1v) is 12.9. The molecule has 0 atom stereocenters. The monoisotopic (exact) mass is 519 g/mol. The van der Waals surface area contributed by atoms with Crippen molar-refractivity contribution in [3.8, 4) is 5.75 Å². The molecule has 5 nitrogen and oxygen atoms in total. The van der Waals surface area contributed by atoms with Crippen LogP contribution in [0, 0.1) is 5.82 Å². The highest BCUT2D eigenvalue weighted by molar-refractivity contribution is 6.30. The van der Waals surface area contributed by atoms with Crippen molar-refractivity contribution in [2.45, 2.75) is 45.1 Å². The van der Waals surface area contributed by atoms with E-state index >= 15 is 0 Å². The fourth-order valence-corrected chi connectivity index (χ4v) is 5.31. The summed E-state index contributed by atoms with van der Waals surface area (Å²) in [6.07, 6.45) is 4.61. The highest BCUT2D eigenvalue weighted by Gasteiger charge is 2.25. The first-order chi connectivity index (χ1) is 17.9. The molecule has 0 aromatic heterocycles. The number of carbonyl (C=O) groups excluding carboxylic acids is 1. The van der Waals surface area contributed by atoms with Gasteiger partial charge in [0.15, 0.2) is 0 Å². The number of carbonyl (C=O) groups is 2. The third kappa shape index (κ3) is 5.39. The smallest absolute Gasteiger partial charge is 0.335 e. The second kappa shape index (κ2) is 10.8. The Bertz CT molecular complexity index is 1400. The number of carboxylic acid groups (broad SMARTS) is 1. The second-order valence-corrected chi connectivity index (χ2v) is 9.84. The van der Waals surface area contributed by atoms with Gasteiger partial charge in [0.2, 0.25) is 5.91 Å². The highest BCUT2D eigenvalue weighted by atomic mass is 35.5. The summed E-state index contributed by atoms with van der Waals surface area (Å²) in [7, 11) is 0. The van der Waals surface area contributed by atoms with Crippen LogP contribution in [0.4, 0.5) is 10.1 Å². The van der Waals surface area contributed by atoms with E-state index in [1.165, 1.54) is 6.07 Å². The maximum Gasteiger partial charge on any atom is 0.335 e. The molecule has 1 aliphatic carbocycles. The summed E-state index contributed by atoms with van der Waals surface area (Å²) in [5.74, 6) is -0.768. The molecule has 1 heterocycles. The van der Waals surface area contributed by atoms with Gasteiger partial charge in [0, 0.05) is 34.8 Å². The second-order valence-electron chi connectivity index (χ2n) is 9.41. The molecule has 5 rings (SSSR count). The predicted octanol–water partition coefficient (Wildman–Crippen LogP) is 7.37. The van der Waals surface area contributed by atoms with Crippen LogP contribution in [-0.2, 0) is 11.4 Å². The van der Waals surface area contributed by atoms with Crippen molar-refractivity contribution >= 4 is 40.3 Å². The Labute approximate surface area is 220 Å². The number of rotatable bonds is 7. The number of halogens is 2. The Morgan fingerprint density at radius 3 is 2.57 bits per heavy atom. The van der Waals surface area contributed by atoms with Crippen LogP contribution >= 0.6 is 11.6 Å². The Kier molecular flexibility index (Phi) is 7.28. The average Bonchev–Trinajstić information content (AvgIpc) is 3.39. The minimum atomic E-state index is -1.04. The molecule has 1 aliphatic heterocycles. The molecular weight excluding hydrogens is 493 g/mol. The molecule has 1 N–H and O–H groups in total. The molecule has 3 aromatic carbocycles. The fraction of sp³-hybridized carbons (Fsp3) is 0.267. The number of hydrogen-bond acceptors (Lipinski definition) is 3. The molecule has 190 valence electrons. The maximum absolute atomic E-state index is 14.2. The number of allylic oxidation sites excluding steroid dienone is 2. The van der Waals surface area contributed by atoms with Crippen molar-refractivity contribution in [1.82, 2.24) is 0 Å². The van der Waals surface area contributed by atoms with E-state index in [-0.39, 0.29) is 23.9 Å². The van der Waals surface area contributed by atoms with Crippen molar-refractivity contribution in [2.75, 3.05) is 11.4 Å². The summed E-state index contributed by atoms with van der Waals surface area (Å²) in [5.41, 5.74) is 4.83. The number of piperidine rings is 1. The zero-order valence-electron chi connectivity index (χ0n) is 20.3. The maximum atomic E-state index is 14.2. The summed E-state index contributed by atoms with van der Waals surface area (Å²) in [5, 5.41) is 10.4. The molecule has 7 heteroatoms. The van der Waals surface area contributed by atoms with Crippen molar-refractivity contribution in [1.29, 1.82) is 0 Å². The van der Waals surface area contributed by atoms with Gasteiger partial charge in [-0.25, -0.2) is 9.18 Å². The SMILES string of the molecule is O=C(O)c1cc(C2=C(c3cc(Cl)ccc3OCc3ccccc3F)CCC2)cc(N2CCCCC2=O)c1. The van der Waals surface area contributed by atoms with E-state index in [2.05, 4.69) is 0 Å². The summed E-state index contributed by atoms with van der Waals surface area (Å²) in [4.78, 5) is 26.3. The van der Waals surface area contributed by atoms with Gasteiger partial charge >= 0.3 is 5.97 Å². The van der Waals surface area contributed by atoms with Gasteiger partial charge in [-0.1, -0.05) is 29.8 Å². The van der Waals surface area contributed by atoms with Crippen molar-refractivity contribution in [3.05, 3.63) is 93.8 Å². The minimum Gasteiger partial charge on any atom is -0.488 e. The third-order valence-electron chi connectivity index (χ3n) is 6.97. The van der Waals surface area contributed by atoms with Gasteiger partial charge in [0.25, 0.3) is 0 Å². The Hall–Kier alpha value is -3.64. The van der Waals surface area contributed by atoms with Gasteiger partial charge < -0.3 is 14.7 Å². The lowest BCUT2D eigenvalue weighted by molar-refractivity contribution is -0.119. The minimum absolute atomic E-state index is 0.0130. The lowest BCUT2D eigenvalue weighted by Crippen LogP contribution is -2.35. The third-order valence-corrected chi connectivity index (χ3v) is 7.21. The molecule has 2 aliphatic rings. The molecule has 3 aromatic rings. The van der Waals surface area contributed by atoms with Crippen molar-refractivity contribution in [3.63, 3.8) is 0 Å². The van der Waals surface area contributed by atoms with E-state index in [1.807, 2.05) is 12.1 Å². The Balaban J connectivity index is 1.56. The van der Waals surface area contributed by atoms with E-state index < -0.39 is 5.97 Å². The molecule has 0 spiro atoms. The zero-order chi connectivity index (χ0) is 25.9. The largest absolute Gasteiger partial charge is 0.488 e. The van der Waals surface area contributed by atoms with Crippen molar-refractivity contribution in [2.24, 2.45) is 0 Å². The molecule has 0 saturated carbocycles. The van der Waals surface area contributed by atoms with Crippen LogP contribution in [0.1, 0.15) is 65.6 Å². The van der Waals surface area contributed by atoms with Crippen LogP contribution in [-0.4, -0.2) is 23.5 Å². The van der Waals surface area contributed by atoms with Crippen molar-refractivity contribution < 1.29 is 23.8 Å². The number of carboxylic acids is 1. The number of aromatic carboxylic acids is 1. The Morgan fingerprint density at radius 2 is 1.78 bits per heavy atom. The van der Waals surface area contributed by atoms with Gasteiger partial charge in [-0.2, -0.15) is 0 Å². The van der Waals surface area contributed by atoms with Gasteiger partial charge in [0.1, 0.15) is 18.2 Å². The molecule has 37 heavy (non-hydrogen) atoms. The predicted molar refractivity (Wildman–Crippen MR) is 142 cm³/mol. The van der Waals surface area contributed by atoms with E-state index in [0.29, 0.717) is 35.0 Å². The van der Waals surface area contributed by atoms with Gasteiger partial charge in [0.05, 0.1) is 5.56 Å². The lowest BCUT2D eigenvalue weighted by Gasteiger charge is -2.27. The van der Waals surface area contributed by atoms with E-state index in [9.17, 15) is 19.1 Å². The van der Waals surface area contributed by atoms with Crippen LogP contribution in [0.5, 0.6) is 5.75 Å². The lowest BCUT2D eigenvalue weighted by atomic mass is 9.94. The molecule has 0 unspecified atom stereocenters.